The fourth-order valence-corrected chi connectivity index (χ4v) is 3.17. The highest BCUT2D eigenvalue weighted by Crippen LogP contribution is 2.30. The largest absolute Gasteiger partial charge is 0.306 e. The van der Waals surface area contributed by atoms with Crippen LogP contribution < -0.4 is 5.32 Å². The van der Waals surface area contributed by atoms with Gasteiger partial charge in [0.15, 0.2) is 0 Å². The molecule has 1 heterocycles. The molecule has 110 valence electrons. The average molecular weight is 283 g/mol. The van der Waals surface area contributed by atoms with Crippen molar-refractivity contribution in [2.24, 2.45) is 5.92 Å². The lowest BCUT2D eigenvalue weighted by atomic mass is 9.87. The second-order valence-corrected chi connectivity index (χ2v) is 6.32. The highest BCUT2D eigenvalue weighted by molar-refractivity contribution is 5.41. The molecule has 0 saturated heterocycles. The van der Waals surface area contributed by atoms with Crippen LogP contribution in [0.1, 0.15) is 42.1 Å². The van der Waals surface area contributed by atoms with E-state index in [0.717, 1.165) is 24.9 Å². The van der Waals surface area contributed by atoms with Crippen molar-refractivity contribution in [2.75, 3.05) is 6.54 Å². The van der Waals surface area contributed by atoms with Crippen molar-refractivity contribution in [1.82, 2.24) is 5.32 Å². The molecule has 0 radical (unpaired) electrons. The standard InChI is InChI=1S/C19H22FN/c1-13(2)11-14-3-8-18-16(12-14)9-10-21-19(18)15-4-6-17(20)7-5-15/h3-8,12-13,19,21H,9-11H2,1-2H3. The molecule has 2 aromatic rings. The lowest BCUT2D eigenvalue weighted by Crippen LogP contribution is -2.30. The zero-order chi connectivity index (χ0) is 14.8. The van der Waals surface area contributed by atoms with Crippen LogP contribution in [0.2, 0.25) is 0 Å². The molecule has 0 fully saturated rings. The molecule has 1 N–H and O–H groups in total. The molecule has 3 rings (SSSR count). The number of benzene rings is 2. The van der Waals surface area contributed by atoms with Crippen LogP contribution in [0.15, 0.2) is 42.5 Å². The van der Waals surface area contributed by atoms with Gasteiger partial charge < -0.3 is 5.32 Å². The summed E-state index contributed by atoms with van der Waals surface area (Å²) >= 11 is 0. The first kappa shape index (κ1) is 14.3. The van der Waals surface area contributed by atoms with Gasteiger partial charge in [0.2, 0.25) is 0 Å². The molecule has 1 aliphatic heterocycles. The lowest BCUT2D eigenvalue weighted by Gasteiger charge is -2.28. The molecule has 0 aliphatic carbocycles. The van der Waals surface area contributed by atoms with Gasteiger partial charge in [-0.25, -0.2) is 4.39 Å². The maximum Gasteiger partial charge on any atom is 0.123 e. The fraction of sp³-hybridized carbons (Fsp3) is 0.368. The van der Waals surface area contributed by atoms with Gasteiger partial charge in [0.1, 0.15) is 5.82 Å². The summed E-state index contributed by atoms with van der Waals surface area (Å²) in [6, 6.07) is 13.9. The second kappa shape index (κ2) is 5.98. The highest BCUT2D eigenvalue weighted by atomic mass is 19.1. The van der Waals surface area contributed by atoms with E-state index < -0.39 is 0 Å². The van der Waals surface area contributed by atoms with Crippen molar-refractivity contribution in [1.29, 1.82) is 0 Å². The molecular formula is C19H22FN. The van der Waals surface area contributed by atoms with Crippen molar-refractivity contribution >= 4 is 0 Å². The Kier molecular flexibility index (Phi) is 4.07. The van der Waals surface area contributed by atoms with Gasteiger partial charge in [0, 0.05) is 6.54 Å². The van der Waals surface area contributed by atoms with Crippen molar-refractivity contribution in [3.05, 3.63) is 70.5 Å². The third-order valence-corrected chi connectivity index (χ3v) is 4.11. The summed E-state index contributed by atoms with van der Waals surface area (Å²) in [7, 11) is 0. The number of rotatable bonds is 3. The Morgan fingerprint density at radius 2 is 1.90 bits per heavy atom. The van der Waals surface area contributed by atoms with Crippen LogP contribution in [0.3, 0.4) is 0 Å². The van der Waals surface area contributed by atoms with E-state index in [2.05, 4.69) is 37.4 Å². The van der Waals surface area contributed by atoms with Gasteiger partial charge >= 0.3 is 0 Å². The molecule has 0 amide bonds. The van der Waals surface area contributed by atoms with Crippen LogP contribution in [-0.2, 0) is 12.8 Å². The monoisotopic (exact) mass is 283 g/mol. The molecule has 2 heteroatoms. The third-order valence-electron chi connectivity index (χ3n) is 4.11. The van der Waals surface area contributed by atoms with Crippen LogP contribution in [0.4, 0.5) is 4.39 Å². The zero-order valence-corrected chi connectivity index (χ0v) is 12.7. The molecule has 21 heavy (non-hydrogen) atoms. The number of halogens is 1. The fourth-order valence-electron chi connectivity index (χ4n) is 3.17. The third kappa shape index (κ3) is 3.16. The minimum Gasteiger partial charge on any atom is -0.306 e. The summed E-state index contributed by atoms with van der Waals surface area (Å²) in [5.41, 5.74) is 5.32. The van der Waals surface area contributed by atoms with Crippen molar-refractivity contribution < 1.29 is 4.39 Å². The lowest BCUT2D eigenvalue weighted by molar-refractivity contribution is 0.563. The van der Waals surface area contributed by atoms with Gasteiger partial charge in [-0.15, -0.1) is 0 Å². The minimum atomic E-state index is -0.179. The molecule has 1 nitrogen and oxygen atoms in total. The van der Waals surface area contributed by atoms with Gasteiger partial charge in [-0.1, -0.05) is 44.2 Å². The van der Waals surface area contributed by atoms with Crippen LogP contribution in [0.25, 0.3) is 0 Å². The van der Waals surface area contributed by atoms with E-state index >= 15 is 0 Å². The molecule has 1 atom stereocenters. The maximum atomic E-state index is 13.1. The smallest absolute Gasteiger partial charge is 0.123 e. The minimum absolute atomic E-state index is 0.179. The summed E-state index contributed by atoms with van der Waals surface area (Å²) in [5, 5.41) is 3.55. The highest BCUT2D eigenvalue weighted by Gasteiger charge is 2.21. The Balaban J connectivity index is 1.93. The molecule has 0 spiro atoms. The van der Waals surface area contributed by atoms with Crippen LogP contribution in [0.5, 0.6) is 0 Å². The SMILES string of the molecule is CC(C)Cc1ccc2c(c1)CCNC2c1ccc(F)cc1. The first-order valence-corrected chi connectivity index (χ1v) is 7.74. The van der Waals surface area contributed by atoms with Crippen molar-refractivity contribution in [3.63, 3.8) is 0 Å². The second-order valence-electron chi connectivity index (χ2n) is 6.32. The summed E-state index contributed by atoms with van der Waals surface area (Å²) < 4.78 is 13.1. The number of fused-ring (bicyclic) bond motifs is 1. The topological polar surface area (TPSA) is 12.0 Å². The van der Waals surface area contributed by atoms with E-state index in [0.29, 0.717) is 5.92 Å². The van der Waals surface area contributed by atoms with Gasteiger partial charge in [0.25, 0.3) is 0 Å². The van der Waals surface area contributed by atoms with Gasteiger partial charge in [0.05, 0.1) is 6.04 Å². The van der Waals surface area contributed by atoms with Gasteiger partial charge in [-0.2, -0.15) is 0 Å². The van der Waals surface area contributed by atoms with E-state index in [1.165, 1.54) is 16.7 Å². The van der Waals surface area contributed by atoms with E-state index in [-0.39, 0.29) is 11.9 Å². The number of hydrogen-bond acceptors (Lipinski definition) is 1. The van der Waals surface area contributed by atoms with Gasteiger partial charge in [-0.3, -0.25) is 0 Å². The van der Waals surface area contributed by atoms with Gasteiger partial charge in [-0.05, 0) is 53.1 Å². The molecule has 0 bridgehead atoms. The molecule has 0 saturated carbocycles. The maximum absolute atomic E-state index is 13.1. The molecular weight excluding hydrogens is 261 g/mol. The quantitative estimate of drug-likeness (QED) is 0.887. The van der Waals surface area contributed by atoms with Crippen LogP contribution >= 0.6 is 0 Å². The molecule has 1 unspecified atom stereocenters. The summed E-state index contributed by atoms with van der Waals surface area (Å²) in [6.45, 7) is 5.48. The van der Waals surface area contributed by atoms with Crippen molar-refractivity contribution in [3.8, 4) is 0 Å². The summed E-state index contributed by atoms with van der Waals surface area (Å²) in [4.78, 5) is 0. The zero-order valence-electron chi connectivity index (χ0n) is 12.7. The Hall–Kier alpha value is -1.67. The molecule has 2 aromatic carbocycles. The van der Waals surface area contributed by atoms with E-state index in [1.54, 1.807) is 12.1 Å². The van der Waals surface area contributed by atoms with Crippen molar-refractivity contribution in [2.45, 2.75) is 32.7 Å². The Bertz CT molecular complexity index is 616. The summed E-state index contributed by atoms with van der Waals surface area (Å²) in [6.07, 6.45) is 2.20. The Morgan fingerprint density at radius 1 is 1.14 bits per heavy atom. The predicted molar refractivity (Wildman–Crippen MR) is 84.9 cm³/mol. The van der Waals surface area contributed by atoms with Crippen LogP contribution in [0, 0.1) is 11.7 Å². The molecule has 1 aliphatic rings. The van der Waals surface area contributed by atoms with Crippen LogP contribution in [-0.4, -0.2) is 6.54 Å². The van der Waals surface area contributed by atoms with E-state index in [1.807, 2.05) is 12.1 Å². The average Bonchev–Trinajstić information content (AvgIpc) is 2.46. The number of hydrogen-bond donors (Lipinski definition) is 1. The Labute approximate surface area is 126 Å². The normalized spacial score (nSPS) is 17.8. The first-order valence-electron chi connectivity index (χ1n) is 7.74. The summed E-state index contributed by atoms with van der Waals surface area (Å²) in [5.74, 6) is 0.500. The van der Waals surface area contributed by atoms with E-state index in [9.17, 15) is 4.39 Å². The predicted octanol–water partition coefficient (Wildman–Crippen LogP) is 4.26. The first-order chi connectivity index (χ1) is 10.1. The molecule has 0 aromatic heterocycles. The van der Waals surface area contributed by atoms with E-state index in [4.69, 9.17) is 0 Å². The Morgan fingerprint density at radius 3 is 2.62 bits per heavy atom. The number of nitrogens with one attached hydrogen (secondary N) is 1.